The largest absolute Gasteiger partial charge is 0.454 e. The van der Waals surface area contributed by atoms with Crippen molar-refractivity contribution in [2.24, 2.45) is 10.9 Å². The second-order valence-corrected chi connectivity index (χ2v) is 4.32. The van der Waals surface area contributed by atoms with E-state index in [1.807, 2.05) is 25.1 Å². The molecule has 1 aromatic rings. The van der Waals surface area contributed by atoms with E-state index >= 15 is 0 Å². The summed E-state index contributed by atoms with van der Waals surface area (Å²) >= 11 is 0. The molecule has 1 aliphatic rings. The lowest BCUT2D eigenvalue weighted by Crippen LogP contribution is -2.22. The highest BCUT2D eigenvalue weighted by Crippen LogP contribution is 2.32. The summed E-state index contributed by atoms with van der Waals surface area (Å²) in [6.07, 6.45) is 1.14. The Hall–Kier alpha value is -1.95. The van der Waals surface area contributed by atoms with Crippen molar-refractivity contribution >= 4 is 5.84 Å². The number of hydrogen-bond donors (Lipinski definition) is 2. The highest BCUT2D eigenvalue weighted by Gasteiger charge is 2.14. The Morgan fingerprint density at radius 1 is 1.47 bits per heavy atom. The Balaban J connectivity index is 1.90. The Bertz CT molecular complexity index is 462. The Morgan fingerprint density at radius 3 is 3.00 bits per heavy atom. The van der Waals surface area contributed by atoms with Gasteiger partial charge >= 0.3 is 0 Å². The monoisotopic (exact) mass is 266 g/mol. The number of nitrogens with two attached hydrogens (primary N) is 1. The maximum Gasteiger partial charge on any atom is 0.231 e. The van der Waals surface area contributed by atoms with Crippen molar-refractivity contribution in [3.05, 3.63) is 23.8 Å². The first-order valence-electron chi connectivity index (χ1n) is 6.19. The summed E-state index contributed by atoms with van der Waals surface area (Å²) in [6.45, 7) is 2.71. The molecule has 1 heterocycles. The second kappa shape index (κ2) is 6.29. The molecule has 0 saturated carbocycles. The van der Waals surface area contributed by atoms with E-state index in [1.165, 1.54) is 0 Å². The van der Waals surface area contributed by atoms with Gasteiger partial charge in [-0.05, 0) is 24.1 Å². The first-order chi connectivity index (χ1) is 9.22. The fraction of sp³-hybridized carbons (Fsp3) is 0.462. The summed E-state index contributed by atoms with van der Waals surface area (Å²) in [6, 6.07) is 5.70. The zero-order chi connectivity index (χ0) is 13.7. The van der Waals surface area contributed by atoms with Gasteiger partial charge in [-0.2, -0.15) is 0 Å². The molecule has 0 amide bonds. The molecule has 19 heavy (non-hydrogen) atoms. The molecular formula is C13H18N2O4. The van der Waals surface area contributed by atoms with E-state index in [0.717, 1.165) is 23.5 Å². The van der Waals surface area contributed by atoms with E-state index < -0.39 is 0 Å². The number of ether oxygens (including phenoxy) is 3. The summed E-state index contributed by atoms with van der Waals surface area (Å²) in [5.74, 6) is 1.68. The molecule has 2 rings (SSSR count). The number of oxime groups is 1. The summed E-state index contributed by atoms with van der Waals surface area (Å²) < 4.78 is 16.3. The minimum absolute atomic E-state index is 0.0682. The molecule has 0 fully saturated rings. The highest BCUT2D eigenvalue weighted by atomic mass is 16.7. The zero-order valence-electron chi connectivity index (χ0n) is 10.8. The van der Waals surface area contributed by atoms with Gasteiger partial charge in [0.05, 0.1) is 12.7 Å². The van der Waals surface area contributed by atoms with Crippen LogP contribution in [-0.4, -0.2) is 23.9 Å². The molecule has 3 N–H and O–H groups in total. The van der Waals surface area contributed by atoms with E-state index in [4.69, 9.17) is 25.2 Å². The minimum Gasteiger partial charge on any atom is -0.454 e. The van der Waals surface area contributed by atoms with E-state index in [2.05, 4.69) is 5.16 Å². The standard InChI is InChI=1S/C13H18N2O4/c1-2-10(6-13(14)15-16)17-7-9-3-4-11-12(5-9)19-8-18-11/h3-5,10,16H,2,6-8H2,1H3,(H2,14,15). The lowest BCUT2D eigenvalue weighted by atomic mass is 10.2. The molecule has 0 saturated heterocycles. The van der Waals surface area contributed by atoms with Crippen molar-refractivity contribution in [2.45, 2.75) is 32.5 Å². The zero-order valence-corrected chi connectivity index (χ0v) is 10.8. The van der Waals surface area contributed by atoms with Gasteiger partial charge in [-0.25, -0.2) is 0 Å². The van der Waals surface area contributed by atoms with Crippen molar-refractivity contribution in [1.29, 1.82) is 0 Å². The maximum atomic E-state index is 8.55. The predicted octanol–water partition coefficient (Wildman–Crippen LogP) is 1.85. The molecule has 0 aromatic heterocycles. The normalized spacial score (nSPS) is 15.5. The van der Waals surface area contributed by atoms with E-state index in [1.54, 1.807) is 0 Å². The van der Waals surface area contributed by atoms with Crippen LogP contribution in [0.3, 0.4) is 0 Å². The second-order valence-electron chi connectivity index (χ2n) is 4.32. The van der Waals surface area contributed by atoms with Gasteiger partial charge in [0.15, 0.2) is 11.5 Å². The molecule has 1 atom stereocenters. The van der Waals surface area contributed by atoms with Crippen LogP contribution in [0.4, 0.5) is 0 Å². The van der Waals surface area contributed by atoms with Crippen molar-refractivity contribution < 1.29 is 19.4 Å². The lowest BCUT2D eigenvalue weighted by Gasteiger charge is -2.15. The van der Waals surface area contributed by atoms with Crippen LogP contribution in [0, 0.1) is 0 Å². The SMILES string of the molecule is CCC(C/C(N)=N/O)OCc1ccc2c(c1)OCO2. The van der Waals surface area contributed by atoms with Crippen LogP contribution in [0.2, 0.25) is 0 Å². The minimum atomic E-state index is -0.0682. The van der Waals surface area contributed by atoms with Crippen LogP contribution in [-0.2, 0) is 11.3 Å². The average molecular weight is 266 g/mol. The Morgan fingerprint density at radius 2 is 2.26 bits per heavy atom. The Labute approximate surface area is 111 Å². The van der Waals surface area contributed by atoms with E-state index in [-0.39, 0.29) is 18.7 Å². The van der Waals surface area contributed by atoms with Gasteiger partial charge in [0.1, 0.15) is 5.84 Å². The Kier molecular flexibility index (Phi) is 4.46. The van der Waals surface area contributed by atoms with Crippen molar-refractivity contribution in [2.75, 3.05) is 6.79 Å². The topological polar surface area (TPSA) is 86.3 Å². The molecule has 104 valence electrons. The fourth-order valence-corrected chi connectivity index (χ4v) is 1.84. The van der Waals surface area contributed by atoms with Crippen LogP contribution in [0.15, 0.2) is 23.4 Å². The first kappa shape index (κ1) is 13.5. The number of amidine groups is 1. The molecule has 0 aliphatic carbocycles. The van der Waals surface area contributed by atoms with Gasteiger partial charge in [-0.3, -0.25) is 0 Å². The molecule has 0 spiro atoms. The third-order valence-corrected chi connectivity index (χ3v) is 2.94. The third kappa shape index (κ3) is 3.51. The average Bonchev–Trinajstić information content (AvgIpc) is 2.90. The van der Waals surface area contributed by atoms with Crippen molar-refractivity contribution in [3.8, 4) is 11.5 Å². The van der Waals surface area contributed by atoms with Gasteiger partial charge in [0, 0.05) is 6.42 Å². The van der Waals surface area contributed by atoms with Gasteiger partial charge in [0.25, 0.3) is 0 Å². The fourth-order valence-electron chi connectivity index (χ4n) is 1.84. The summed E-state index contributed by atoms with van der Waals surface area (Å²) in [4.78, 5) is 0. The van der Waals surface area contributed by atoms with Crippen LogP contribution in [0.1, 0.15) is 25.3 Å². The predicted molar refractivity (Wildman–Crippen MR) is 69.5 cm³/mol. The summed E-state index contributed by atoms with van der Waals surface area (Å²) in [5.41, 5.74) is 6.48. The third-order valence-electron chi connectivity index (χ3n) is 2.94. The number of benzene rings is 1. The molecule has 0 radical (unpaired) electrons. The molecular weight excluding hydrogens is 248 g/mol. The lowest BCUT2D eigenvalue weighted by molar-refractivity contribution is 0.0423. The first-order valence-corrected chi connectivity index (χ1v) is 6.19. The van der Waals surface area contributed by atoms with Crippen LogP contribution >= 0.6 is 0 Å². The summed E-state index contributed by atoms with van der Waals surface area (Å²) in [7, 11) is 0. The number of nitrogens with zero attached hydrogens (tertiary/aromatic N) is 1. The quantitative estimate of drug-likeness (QED) is 0.355. The van der Waals surface area contributed by atoms with Gasteiger partial charge < -0.3 is 25.2 Å². The van der Waals surface area contributed by atoms with Crippen molar-refractivity contribution in [1.82, 2.24) is 0 Å². The van der Waals surface area contributed by atoms with Crippen LogP contribution in [0.25, 0.3) is 0 Å². The molecule has 6 heteroatoms. The number of fused-ring (bicyclic) bond motifs is 1. The summed E-state index contributed by atoms with van der Waals surface area (Å²) in [5, 5.41) is 11.5. The molecule has 1 aromatic carbocycles. The van der Waals surface area contributed by atoms with Crippen LogP contribution in [0.5, 0.6) is 11.5 Å². The molecule has 1 aliphatic heterocycles. The smallest absolute Gasteiger partial charge is 0.231 e. The molecule has 6 nitrogen and oxygen atoms in total. The van der Waals surface area contributed by atoms with E-state index in [9.17, 15) is 0 Å². The maximum absolute atomic E-state index is 8.55. The van der Waals surface area contributed by atoms with E-state index in [0.29, 0.717) is 13.0 Å². The molecule has 1 unspecified atom stereocenters. The number of rotatable bonds is 6. The van der Waals surface area contributed by atoms with Gasteiger partial charge in [0.2, 0.25) is 6.79 Å². The number of hydrogen-bond acceptors (Lipinski definition) is 5. The van der Waals surface area contributed by atoms with Crippen LogP contribution < -0.4 is 15.2 Å². The van der Waals surface area contributed by atoms with Crippen molar-refractivity contribution in [3.63, 3.8) is 0 Å². The van der Waals surface area contributed by atoms with Gasteiger partial charge in [-0.15, -0.1) is 0 Å². The highest BCUT2D eigenvalue weighted by molar-refractivity contribution is 5.80. The van der Waals surface area contributed by atoms with Gasteiger partial charge in [-0.1, -0.05) is 18.1 Å². The molecule has 0 bridgehead atoms.